The van der Waals surface area contributed by atoms with Crippen LogP contribution < -0.4 is 15.4 Å². The average Bonchev–Trinajstić information content (AvgIpc) is 3.03. The van der Waals surface area contributed by atoms with E-state index in [-0.39, 0.29) is 4.90 Å². The third-order valence-corrected chi connectivity index (χ3v) is 6.37. The zero-order chi connectivity index (χ0) is 19.4. The van der Waals surface area contributed by atoms with Gasteiger partial charge in [0, 0.05) is 25.5 Å². The van der Waals surface area contributed by atoms with E-state index in [1.165, 1.54) is 11.3 Å². The summed E-state index contributed by atoms with van der Waals surface area (Å²) in [5.41, 5.74) is 2.22. The standard InChI is InChI=1S/C17H20N6O2S2/c1-4-20-27(24,25)13-7-5-6-12(10-13)22-16-19-9-8-14(23-16)15-11(2)21-17(18-3)26-15/h5-10,20H,4H2,1-3H3,(H,18,21)(H,19,22,23). The second-order valence-electron chi connectivity index (χ2n) is 5.60. The number of thiazole rings is 1. The van der Waals surface area contributed by atoms with Crippen LogP contribution in [-0.2, 0) is 10.0 Å². The quantitative estimate of drug-likeness (QED) is 0.555. The molecule has 0 aliphatic rings. The molecule has 10 heteroatoms. The van der Waals surface area contributed by atoms with Gasteiger partial charge in [0.1, 0.15) is 0 Å². The van der Waals surface area contributed by atoms with Crippen LogP contribution >= 0.6 is 11.3 Å². The smallest absolute Gasteiger partial charge is 0.240 e. The molecule has 2 aromatic heterocycles. The van der Waals surface area contributed by atoms with Crippen molar-refractivity contribution >= 4 is 38.1 Å². The summed E-state index contributed by atoms with van der Waals surface area (Å²) in [5, 5.41) is 6.91. The highest BCUT2D eigenvalue weighted by Gasteiger charge is 2.14. The maximum atomic E-state index is 12.2. The summed E-state index contributed by atoms with van der Waals surface area (Å²) < 4.78 is 26.8. The van der Waals surface area contributed by atoms with Crippen LogP contribution in [0.3, 0.4) is 0 Å². The Morgan fingerprint density at radius 1 is 1.19 bits per heavy atom. The molecular formula is C17H20N6O2S2. The molecule has 2 heterocycles. The van der Waals surface area contributed by atoms with Crippen molar-refractivity contribution in [3.63, 3.8) is 0 Å². The van der Waals surface area contributed by atoms with Gasteiger partial charge in [0.15, 0.2) is 5.13 Å². The van der Waals surface area contributed by atoms with E-state index in [9.17, 15) is 8.42 Å². The topological polar surface area (TPSA) is 109 Å². The number of sulfonamides is 1. The second kappa shape index (κ2) is 7.99. The molecule has 0 atom stereocenters. The number of aryl methyl sites for hydroxylation is 1. The van der Waals surface area contributed by atoms with E-state index in [1.54, 1.807) is 37.4 Å². The molecule has 0 spiro atoms. The third-order valence-electron chi connectivity index (χ3n) is 3.63. The summed E-state index contributed by atoms with van der Waals surface area (Å²) in [6.07, 6.45) is 1.65. The lowest BCUT2D eigenvalue weighted by Crippen LogP contribution is -2.23. The lowest BCUT2D eigenvalue weighted by Gasteiger charge is -2.09. The number of hydrogen-bond acceptors (Lipinski definition) is 8. The Labute approximate surface area is 162 Å². The molecule has 1 aromatic carbocycles. The van der Waals surface area contributed by atoms with Crippen molar-refractivity contribution in [2.24, 2.45) is 0 Å². The molecule has 3 aromatic rings. The van der Waals surface area contributed by atoms with Crippen molar-refractivity contribution in [2.45, 2.75) is 18.7 Å². The number of rotatable bonds is 7. The van der Waals surface area contributed by atoms with E-state index >= 15 is 0 Å². The number of nitrogens with zero attached hydrogens (tertiary/aromatic N) is 3. The first-order chi connectivity index (χ1) is 12.9. The SMILES string of the molecule is CCNS(=O)(=O)c1cccc(Nc2nccc(-c3sc(NC)nc3C)n2)c1. The molecule has 3 N–H and O–H groups in total. The van der Waals surface area contributed by atoms with E-state index in [2.05, 4.69) is 30.3 Å². The van der Waals surface area contributed by atoms with Crippen molar-refractivity contribution in [1.29, 1.82) is 0 Å². The third kappa shape index (κ3) is 4.41. The molecule has 8 nitrogen and oxygen atoms in total. The second-order valence-corrected chi connectivity index (χ2v) is 8.37. The summed E-state index contributed by atoms with van der Waals surface area (Å²) in [6.45, 7) is 3.99. The van der Waals surface area contributed by atoms with E-state index in [0.29, 0.717) is 18.2 Å². The van der Waals surface area contributed by atoms with Crippen molar-refractivity contribution in [3.05, 3.63) is 42.2 Å². The Morgan fingerprint density at radius 3 is 2.70 bits per heavy atom. The van der Waals surface area contributed by atoms with E-state index in [4.69, 9.17) is 0 Å². The summed E-state index contributed by atoms with van der Waals surface area (Å²) in [4.78, 5) is 14.3. The first-order valence-electron chi connectivity index (χ1n) is 8.28. The van der Waals surface area contributed by atoms with Crippen molar-refractivity contribution in [3.8, 4) is 10.6 Å². The van der Waals surface area contributed by atoms with Crippen LogP contribution in [0, 0.1) is 6.92 Å². The van der Waals surface area contributed by atoms with Crippen LogP contribution in [0.25, 0.3) is 10.6 Å². The Kier molecular flexibility index (Phi) is 5.68. The van der Waals surface area contributed by atoms with Crippen molar-refractivity contribution in [1.82, 2.24) is 19.7 Å². The van der Waals surface area contributed by atoms with Gasteiger partial charge in [0.2, 0.25) is 16.0 Å². The molecule has 3 rings (SSSR count). The molecule has 0 aliphatic heterocycles. The largest absolute Gasteiger partial charge is 0.365 e. The van der Waals surface area contributed by atoms with Crippen molar-refractivity contribution < 1.29 is 8.42 Å². The van der Waals surface area contributed by atoms with Crippen LogP contribution in [0.5, 0.6) is 0 Å². The molecule has 0 fully saturated rings. The van der Waals surface area contributed by atoms with Gasteiger partial charge >= 0.3 is 0 Å². The van der Waals surface area contributed by atoms with E-state index in [0.717, 1.165) is 21.4 Å². The van der Waals surface area contributed by atoms with Crippen molar-refractivity contribution in [2.75, 3.05) is 24.2 Å². The molecule has 0 saturated carbocycles. The maximum Gasteiger partial charge on any atom is 0.240 e. The predicted octanol–water partition coefficient (Wildman–Crippen LogP) is 2.99. The summed E-state index contributed by atoms with van der Waals surface area (Å²) in [5.74, 6) is 0.379. The molecule has 0 bridgehead atoms. The number of benzene rings is 1. The minimum atomic E-state index is -3.53. The van der Waals surface area contributed by atoms with Crippen LogP contribution in [0.4, 0.5) is 16.8 Å². The van der Waals surface area contributed by atoms with Gasteiger partial charge in [-0.15, -0.1) is 0 Å². The molecule has 27 heavy (non-hydrogen) atoms. The number of nitrogens with one attached hydrogen (secondary N) is 3. The molecule has 0 radical (unpaired) electrons. The highest BCUT2D eigenvalue weighted by Crippen LogP contribution is 2.31. The lowest BCUT2D eigenvalue weighted by molar-refractivity contribution is 0.584. The molecular weight excluding hydrogens is 384 g/mol. The highest BCUT2D eigenvalue weighted by molar-refractivity contribution is 7.89. The van der Waals surface area contributed by atoms with Gasteiger partial charge in [-0.25, -0.2) is 28.1 Å². The zero-order valence-corrected chi connectivity index (χ0v) is 16.8. The summed E-state index contributed by atoms with van der Waals surface area (Å²) in [7, 11) is -1.70. The number of anilines is 3. The van der Waals surface area contributed by atoms with Gasteiger partial charge in [-0.3, -0.25) is 0 Å². The summed E-state index contributed by atoms with van der Waals surface area (Å²) in [6, 6.07) is 8.34. The molecule has 0 amide bonds. The van der Waals surface area contributed by atoms with Gasteiger partial charge in [-0.05, 0) is 31.2 Å². The van der Waals surface area contributed by atoms with E-state index in [1.807, 2.05) is 20.0 Å². The normalized spacial score (nSPS) is 11.4. The van der Waals surface area contributed by atoms with Crippen LogP contribution in [0.2, 0.25) is 0 Å². The van der Waals surface area contributed by atoms with Gasteiger partial charge in [-0.1, -0.05) is 24.3 Å². The molecule has 142 valence electrons. The Balaban J connectivity index is 1.88. The number of hydrogen-bond donors (Lipinski definition) is 3. The maximum absolute atomic E-state index is 12.2. The first-order valence-corrected chi connectivity index (χ1v) is 10.6. The van der Waals surface area contributed by atoms with Crippen LogP contribution in [-0.4, -0.2) is 37.0 Å². The van der Waals surface area contributed by atoms with Gasteiger partial charge in [0.25, 0.3) is 0 Å². The monoisotopic (exact) mass is 404 g/mol. The van der Waals surface area contributed by atoms with Gasteiger partial charge < -0.3 is 10.6 Å². The average molecular weight is 405 g/mol. The zero-order valence-electron chi connectivity index (χ0n) is 15.1. The fraction of sp³-hybridized carbons (Fsp3) is 0.235. The predicted molar refractivity (Wildman–Crippen MR) is 108 cm³/mol. The molecule has 0 aliphatic carbocycles. The minimum Gasteiger partial charge on any atom is -0.365 e. The Morgan fingerprint density at radius 2 is 2.00 bits per heavy atom. The fourth-order valence-corrected chi connectivity index (χ4v) is 4.41. The Hall–Kier alpha value is -2.56. The molecule has 0 unspecified atom stereocenters. The fourth-order valence-electron chi connectivity index (χ4n) is 2.43. The number of aromatic nitrogens is 3. The van der Waals surface area contributed by atoms with Gasteiger partial charge in [0.05, 0.1) is 21.2 Å². The molecule has 0 saturated heterocycles. The lowest BCUT2D eigenvalue weighted by atomic mass is 10.3. The first kappa shape index (κ1) is 19.2. The van der Waals surface area contributed by atoms with Crippen LogP contribution in [0.1, 0.15) is 12.6 Å². The van der Waals surface area contributed by atoms with E-state index < -0.39 is 10.0 Å². The van der Waals surface area contributed by atoms with Crippen LogP contribution in [0.15, 0.2) is 41.4 Å². The minimum absolute atomic E-state index is 0.183. The highest BCUT2D eigenvalue weighted by atomic mass is 32.2. The van der Waals surface area contributed by atoms with Gasteiger partial charge in [-0.2, -0.15) is 0 Å². The summed E-state index contributed by atoms with van der Waals surface area (Å²) >= 11 is 1.51. The Bertz CT molecular complexity index is 1050.